The summed E-state index contributed by atoms with van der Waals surface area (Å²) >= 11 is 3.50. The second-order valence-electron chi connectivity index (χ2n) is 4.84. The number of carbonyl (C=O) groups is 1. The van der Waals surface area contributed by atoms with E-state index in [1.165, 1.54) is 0 Å². The Morgan fingerprint density at radius 3 is 3.00 bits per heavy atom. The third-order valence-electron chi connectivity index (χ3n) is 3.71. The number of carbonyl (C=O) groups excluding carboxylic acids is 1. The molecule has 1 aromatic heterocycles. The third-order valence-corrected chi connectivity index (χ3v) is 4.53. The van der Waals surface area contributed by atoms with Gasteiger partial charge in [0, 0.05) is 17.4 Å². The van der Waals surface area contributed by atoms with Gasteiger partial charge >= 0.3 is 0 Å². The molecule has 100 valence electrons. The van der Waals surface area contributed by atoms with E-state index in [1.807, 2.05) is 24.3 Å². The Labute approximate surface area is 119 Å². The van der Waals surface area contributed by atoms with Crippen LogP contribution < -0.4 is 0 Å². The molecular weight excluding hydrogens is 308 g/mol. The highest BCUT2D eigenvalue weighted by atomic mass is 79.9. The quantitative estimate of drug-likeness (QED) is 0.892. The fourth-order valence-corrected chi connectivity index (χ4v) is 3.31. The number of nitrogens with one attached hydrogen (secondary N) is 1. The number of aliphatic hydroxyl groups is 1. The van der Waals surface area contributed by atoms with E-state index < -0.39 is 0 Å². The van der Waals surface area contributed by atoms with Crippen molar-refractivity contribution in [3.63, 3.8) is 0 Å². The number of hydrogen-bond donors (Lipinski definition) is 2. The van der Waals surface area contributed by atoms with Gasteiger partial charge in [0.1, 0.15) is 5.69 Å². The zero-order valence-corrected chi connectivity index (χ0v) is 12.0. The van der Waals surface area contributed by atoms with Crippen molar-refractivity contribution in [3.05, 3.63) is 34.4 Å². The number of aromatic amines is 1. The van der Waals surface area contributed by atoms with Gasteiger partial charge < -0.3 is 15.0 Å². The average Bonchev–Trinajstić information content (AvgIpc) is 3.03. The van der Waals surface area contributed by atoms with Crippen LogP contribution in [-0.4, -0.2) is 40.1 Å². The number of nitrogens with zero attached hydrogens (tertiary/aromatic N) is 1. The highest BCUT2D eigenvalue weighted by Gasteiger charge is 2.30. The molecule has 2 aromatic rings. The number of amides is 1. The van der Waals surface area contributed by atoms with Crippen LogP contribution in [0.2, 0.25) is 0 Å². The minimum absolute atomic E-state index is 0.0313. The van der Waals surface area contributed by atoms with Gasteiger partial charge in [-0.05, 0) is 34.8 Å². The topological polar surface area (TPSA) is 56.3 Å². The van der Waals surface area contributed by atoms with E-state index in [9.17, 15) is 9.90 Å². The molecule has 3 rings (SSSR count). The fourth-order valence-electron chi connectivity index (χ4n) is 2.69. The number of H-pyrrole nitrogens is 1. The van der Waals surface area contributed by atoms with Crippen molar-refractivity contribution in [1.82, 2.24) is 9.88 Å². The number of aromatic nitrogens is 1. The minimum atomic E-state index is -0.0502. The first-order chi connectivity index (χ1) is 9.22. The summed E-state index contributed by atoms with van der Waals surface area (Å²) in [6, 6.07) is 7.75. The van der Waals surface area contributed by atoms with Crippen molar-refractivity contribution in [3.8, 4) is 0 Å². The first kappa shape index (κ1) is 12.7. The van der Waals surface area contributed by atoms with Crippen LogP contribution in [-0.2, 0) is 0 Å². The van der Waals surface area contributed by atoms with Gasteiger partial charge in [-0.15, -0.1) is 0 Å². The number of hydrogen-bond acceptors (Lipinski definition) is 2. The number of aliphatic hydroxyl groups excluding tert-OH is 1. The first-order valence-corrected chi connectivity index (χ1v) is 7.19. The van der Waals surface area contributed by atoms with E-state index in [0.717, 1.165) is 28.2 Å². The van der Waals surface area contributed by atoms with E-state index in [4.69, 9.17) is 0 Å². The molecule has 1 atom stereocenters. The lowest BCUT2D eigenvalue weighted by Crippen LogP contribution is -2.37. The SMILES string of the molecule is O=C(c1[nH]c2ccccc2c1Br)N1CCC[C@@H]1CO. The van der Waals surface area contributed by atoms with Crippen molar-refractivity contribution >= 4 is 32.7 Å². The molecule has 0 saturated carbocycles. The van der Waals surface area contributed by atoms with E-state index in [1.54, 1.807) is 4.90 Å². The van der Waals surface area contributed by atoms with Crippen LogP contribution in [0.4, 0.5) is 0 Å². The van der Waals surface area contributed by atoms with Crippen LogP contribution in [0.25, 0.3) is 10.9 Å². The molecule has 0 spiro atoms. The summed E-state index contributed by atoms with van der Waals surface area (Å²) in [7, 11) is 0. The highest BCUT2D eigenvalue weighted by molar-refractivity contribution is 9.10. The fraction of sp³-hybridized carbons (Fsp3) is 0.357. The van der Waals surface area contributed by atoms with Crippen molar-refractivity contribution in [2.24, 2.45) is 0 Å². The Kier molecular flexibility index (Phi) is 3.33. The number of para-hydroxylation sites is 1. The molecule has 5 heteroatoms. The summed E-state index contributed by atoms with van der Waals surface area (Å²) in [5.74, 6) is -0.0420. The third kappa shape index (κ3) is 2.07. The van der Waals surface area contributed by atoms with E-state index in [0.29, 0.717) is 12.2 Å². The van der Waals surface area contributed by atoms with E-state index in [2.05, 4.69) is 20.9 Å². The zero-order chi connectivity index (χ0) is 13.4. The van der Waals surface area contributed by atoms with Crippen LogP contribution in [0, 0.1) is 0 Å². The molecule has 1 aromatic carbocycles. The number of likely N-dealkylation sites (tertiary alicyclic amines) is 1. The van der Waals surface area contributed by atoms with Gasteiger partial charge in [-0.25, -0.2) is 0 Å². The van der Waals surface area contributed by atoms with Crippen LogP contribution in [0.15, 0.2) is 28.7 Å². The Hall–Kier alpha value is -1.33. The van der Waals surface area contributed by atoms with E-state index in [-0.39, 0.29) is 18.6 Å². The Morgan fingerprint density at radius 2 is 2.26 bits per heavy atom. The monoisotopic (exact) mass is 322 g/mol. The predicted molar refractivity (Wildman–Crippen MR) is 77.1 cm³/mol. The Morgan fingerprint density at radius 1 is 1.47 bits per heavy atom. The van der Waals surface area contributed by atoms with Crippen LogP contribution in [0.3, 0.4) is 0 Å². The van der Waals surface area contributed by atoms with Gasteiger partial charge in [-0.1, -0.05) is 18.2 Å². The highest BCUT2D eigenvalue weighted by Crippen LogP contribution is 2.30. The average molecular weight is 323 g/mol. The minimum Gasteiger partial charge on any atom is -0.394 e. The second kappa shape index (κ2) is 4.98. The zero-order valence-electron chi connectivity index (χ0n) is 10.4. The Balaban J connectivity index is 2.00. The van der Waals surface area contributed by atoms with E-state index >= 15 is 0 Å². The summed E-state index contributed by atoms with van der Waals surface area (Å²) in [5, 5.41) is 10.3. The number of benzene rings is 1. The molecule has 2 heterocycles. The summed E-state index contributed by atoms with van der Waals surface area (Å²) in [6.45, 7) is 0.745. The molecule has 19 heavy (non-hydrogen) atoms. The summed E-state index contributed by atoms with van der Waals surface area (Å²) in [4.78, 5) is 17.5. The maximum atomic E-state index is 12.6. The van der Waals surface area contributed by atoms with Crippen molar-refractivity contribution in [2.45, 2.75) is 18.9 Å². The van der Waals surface area contributed by atoms with Gasteiger partial charge in [0.2, 0.25) is 0 Å². The normalized spacial score (nSPS) is 19.3. The molecule has 1 saturated heterocycles. The van der Waals surface area contributed by atoms with Crippen molar-refractivity contribution in [1.29, 1.82) is 0 Å². The molecule has 1 aliphatic heterocycles. The Bertz CT molecular complexity index is 623. The van der Waals surface area contributed by atoms with Gasteiger partial charge in [0.05, 0.1) is 17.1 Å². The number of halogens is 1. The van der Waals surface area contributed by atoms with Crippen LogP contribution in [0.5, 0.6) is 0 Å². The lowest BCUT2D eigenvalue weighted by Gasteiger charge is -2.22. The van der Waals surface area contributed by atoms with Gasteiger partial charge in [-0.2, -0.15) is 0 Å². The lowest BCUT2D eigenvalue weighted by atomic mass is 10.2. The number of fused-ring (bicyclic) bond motifs is 1. The molecule has 2 N–H and O–H groups in total. The molecule has 0 bridgehead atoms. The van der Waals surface area contributed by atoms with Crippen molar-refractivity contribution < 1.29 is 9.90 Å². The maximum Gasteiger partial charge on any atom is 0.271 e. The standard InChI is InChI=1S/C14H15BrN2O2/c15-12-10-5-1-2-6-11(10)16-13(12)14(19)17-7-3-4-9(17)8-18/h1-2,5-6,9,16,18H,3-4,7-8H2/t9-/m1/s1. The lowest BCUT2D eigenvalue weighted by molar-refractivity contribution is 0.0672. The first-order valence-electron chi connectivity index (χ1n) is 6.40. The molecule has 1 aliphatic rings. The molecule has 4 nitrogen and oxygen atoms in total. The summed E-state index contributed by atoms with van der Waals surface area (Å²) in [5.41, 5.74) is 1.51. The summed E-state index contributed by atoms with van der Waals surface area (Å²) < 4.78 is 0.802. The molecule has 0 aliphatic carbocycles. The summed E-state index contributed by atoms with van der Waals surface area (Å²) in [6.07, 6.45) is 1.83. The molecule has 1 fully saturated rings. The predicted octanol–water partition coefficient (Wildman–Crippen LogP) is 2.53. The molecular formula is C14H15BrN2O2. The smallest absolute Gasteiger partial charge is 0.271 e. The van der Waals surface area contributed by atoms with Gasteiger partial charge in [-0.3, -0.25) is 4.79 Å². The molecule has 0 unspecified atom stereocenters. The van der Waals surface area contributed by atoms with Crippen molar-refractivity contribution in [2.75, 3.05) is 13.2 Å². The molecule has 1 amide bonds. The maximum absolute atomic E-state index is 12.6. The van der Waals surface area contributed by atoms with Crippen LogP contribution >= 0.6 is 15.9 Å². The van der Waals surface area contributed by atoms with Gasteiger partial charge in [0.25, 0.3) is 5.91 Å². The van der Waals surface area contributed by atoms with Gasteiger partial charge in [0.15, 0.2) is 0 Å². The largest absolute Gasteiger partial charge is 0.394 e. The van der Waals surface area contributed by atoms with Crippen LogP contribution in [0.1, 0.15) is 23.3 Å². The number of rotatable bonds is 2. The second-order valence-corrected chi connectivity index (χ2v) is 5.63. The molecule has 0 radical (unpaired) electrons.